The number of hydrogen-bond donors (Lipinski definition) is 1. The van der Waals surface area contributed by atoms with E-state index in [-0.39, 0.29) is 6.09 Å². The first-order chi connectivity index (χ1) is 7.29. The van der Waals surface area contributed by atoms with Crippen molar-refractivity contribution < 1.29 is 9.53 Å². The molecular formula is C12H24N2O2. The van der Waals surface area contributed by atoms with E-state index >= 15 is 0 Å². The highest BCUT2D eigenvalue weighted by molar-refractivity contribution is 5.69. The van der Waals surface area contributed by atoms with Crippen LogP contribution in [0.1, 0.15) is 41.0 Å². The number of amides is 1. The quantitative estimate of drug-likeness (QED) is 0.803. The lowest BCUT2D eigenvalue weighted by Gasteiger charge is -2.41. The Labute approximate surface area is 98.3 Å². The number of ether oxygens (including phenoxy) is 1. The number of likely N-dealkylation sites (tertiary alicyclic amines) is 1. The molecule has 1 saturated heterocycles. The second-order valence-electron chi connectivity index (χ2n) is 5.68. The van der Waals surface area contributed by atoms with Gasteiger partial charge in [0, 0.05) is 25.2 Å². The number of rotatable bonds is 3. The van der Waals surface area contributed by atoms with Crippen LogP contribution in [0.5, 0.6) is 0 Å². The van der Waals surface area contributed by atoms with E-state index in [1.165, 1.54) is 0 Å². The van der Waals surface area contributed by atoms with E-state index in [2.05, 4.69) is 19.2 Å². The zero-order valence-electron chi connectivity index (χ0n) is 11.0. The van der Waals surface area contributed by atoms with E-state index in [0.717, 1.165) is 19.5 Å². The molecule has 1 N–H and O–H groups in total. The number of carbonyl (C=O) groups excluding carboxylic acids is 1. The zero-order valence-corrected chi connectivity index (χ0v) is 11.0. The molecule has 4 heteroatoms. The molecule has 1 rings (SSSR count). The van der Waals surface area contributed by atoms with Crippen LogP contribution in [-0.2, 0) is 4.74 Å². The van der Waals surface area contributed by atoms with Gasteiger partial charge >= 0.3 is 6.09 Å². The summed E-state index contributed by atoms with van der Waals surface area (Å²) < 4.78 is 5.34. The van der Waals surface area contributed by atoms with E-state index < -0.39 is 5.60 Å². The van der Waals surface area contributed by atoms with E-state index in [0.29, 0.717) is 12.1 Å². The van der Waals surface area contributed by atoms with Crippen molar-refractivity contribution in [1.82, 2.24) is 10.2 Å². The van der Waals surface area contributed by atoms with Gasteiger partial charge in [0.15, 0.2) is 0 Å². The molecule has 4 nitrogen and oxygen atoms in total. The van der Waals surface area contributed by atoms with Crippen molar-refractivity contribution in [2.75, 3.05) is 13.1 Å². The van der Waals surface area contributed by atoms with E-state index in [1.54, 1.807) is 4.90 Å². The lowest BCUT2D eigenvalue weighted by Crippen LogP contribution is -2.57. The van der Waals surface area contributed by atoms with Gasteiger partial charge in [0.25, 0.3) is 0 Å². The molecule has 94 valence electrons. The molecule has 1 fully saturated rings. The van der Waals surface area contributed by atoms with Crippen molar-refractivity contribution in [2.24, 2.45) is 0 Å². The first-order valence-electron chi connectivity index (χ1n) is 6.02. The summed E-state index contributed by atoms with van der Waals surface area (Å²) in [6.45, 7) is 11.6. The normalized spacial score (nSPS) is 20.9. The van der Waals surface area contributed by atoms with Gasteiger partial charge in [-0.2, -0.15) is 0 Å². The summed E-state index contributed by atoms with van der Waals surface area (Å²) >= 11 is 0. The molecule has 16 heavy (non-hydrogen) atoms. The summed E-state index contributed by atoms with van der Waals surface area (Å²) in [7, 11) is 0. The predicted octanol–water partition coefficient (Wildman–Crippen LogP) is 1.99. The SMILES string of the molecule is CC(C)NC[C@@H]1CCN1C(=O)OC(C)(C)C. The van der Waals surface area contributed by atoms with E-state index in [9.17, 15) is 4.79 Å². The third kappa shape index (κ3) is 4.00. The highest BCUT2D eigenvalue weighted by atomic mass is 16.6. The summed E-state index contributed by atoms with van der Waals surface area (Å²) in [6, 6.07) is 0.762. The molecule has 0 bridgehead atoms. The van der Waals surface area contributed by atoms with Gasteiger partial charge in [0.05, 0.1) is 0 Å². The molecule has 1 amide bonds. The highest BCUT2D eigenvalue weighted by Crippen LogP contribution is 2.20. The highest BCUT2D eigenvalue weighted by Gasteiger charge is 2.34. The van der Waals surface area contributed by atoms with Crippen molar-refractivity contribution in [3.63, 3.8) is 0 Å². The third-order valence-corrected chi connectivity index (χ3v) is 2.53. The van der Waals surface area contributed by atoms with Crippen LogP contribution in [0.2, 0.25) is 0 Å². The Balaban J connectivity index is 2.34. The molecular weight excluding hydrogens is 204 g/mol. The number of nitrogens with one attached hydrogen (secondary N) is 1. The molecule has 1 heterocycles. The van der Waals surface area contributed by atoms with Crippen LogP contribution in [-0.4, -0.2) is 41.8 Å². The Morgan fingerprint density at radius 3 is 2.50 bits per heavy atom. The molecule has 1 atom stereocenters. The summed E-state index contributed by atoms with van der Waals surface area (Å²) in [5.74, 6) is 0. The Morgan fingerprint density at radius 2 is 2.12 bits per heavy atom. The fraction of sp³-hybridized carbons (Fsp3) is 0.917. The standard InChI is InChI=1S/C12H24N2O2/c1-9(2)13-8-10-6-7-14(10)11(15)16-12(3,4)5/h9-10,13H,6-8H2,1-5H3/t10-/m0/s1. The summed E-state index contributed by atoms with van der Waals surface area (Å²) in [5, 5.41) is 3.35. The van der Waals surface area contributed by atoms with Gasteiger partial charge in [-0.05, 0) is 27.2 Å². The van der Waals surface area contributed by atoms with Crippen molar-refractivity contribution >= 4 is 6.09 Å². The van der Waals surface area contributed by atoms with E-state index in [4.69, 9.17) is 4.74 Å². The minimum atomic E-state index is -0.400. The van der Waals surface area contributed by atoms with Gasteiger partial charge in [-0.25, -0.2) is 4.79 Å². The summed E-state index contributed by atoms with van der Waals surface area (Å²) in [6.07, 6.45) is 0.883. The first kappa shape index (κ1) is 13.3. The van der Waals surface area contributed by atoms with Crippen LogP contribution in [0.25, 0.3) is 0 Å². The Bertz CT molecular complexity index is 246. The van der Waals surface area contributed by atoms with Gasteiger partial charge in [0.1, 0.15) is 5.60 Å². The minimum Gasteiger partial charge on any atom is -0.444 e. The molecule has 0 spiro atoms. The second kappa shape index (κ2) is 5.04. The van der Waals surface area contributed by atoms with Crippen LogP contribution in [0.15, 0.2) is 0 Å². The maximum Gasteiger partial charge on any atom is 0.410 e. The van der Waals surface area contributed by atoms with Crippen LogP contribution in [0.4, 0.5) is 4.79 Å². The van der Waals surface area contributed by atoms with Crippen molar-refractivity contribution in [3.05, 3.63) is 0 Å². The Morgan fingerprint density at radius 1 is 1.50 bits per heavy atom. The van der Waals surface area contributed by atoms with Crippen molar-refractivity contribution in [1.29, 1.82) is 0 Å². The maximum absolute atomic E-state index is 11.8. The Hall–Kier alpha value is -0.770. The fourth-order valence-electron chi connectivity index (χ4n) is 1.59. The van der Waals surface area contributed by atoms with Crippen molar-refractivity contribution in [3.8, 4) is 0 Å². The van der Waals surface area contributed by atoms with Crippen LogP contribution in [0, 0.1) is 0 Å². The first-order valence-corrected chi connectivity index (χ1v) is 6.02. The van der Waals surface area contributed by atoms with Gasteiger partial charge in [-0.3, -0.25) is 0 Å². The smallest absolute Gasteiger partial charge is 0.410 e. The Kier molecular flexibility index (Phi) is 4.19. The van der Waals surface area contributed by atoms with Gasteiger partial charge in [-0.15, -0.1) is 0 Å². The largest absolute Gasteiger partial charge is 0.444 e. The van der Waals surface area contributed by atoms with Gasteiger partial charge in [-0.1, -0.05) is 13.8 Å². The number of hydrogen-bond acceptors (Lipinski definition) is 3. The number of carbonyl (C=O) groups is 1. The molecule has 0 aromatic rings. The van der Waals surface area contributed by atoms with Gasteiger partial charge < -0.3 is 15.0 Å². The predicted molar refractivity (Wildman–Crippen MR) is 64.5 cm³/mol. The van der Waals surface area contributed by atoms with Gasteiger partial charge in [0.2, 0.25) is 0 Å². The van der Waals surface area contributed by atoms with Crippen LogP contribution in [0.3, 0.4) is 0 Å². The molecule has 1 aliphatic heterocycles. The fourth-order valence-corrected chi connectivity index (χ4v) is 1.59. The lowest BCUT2D eigenvalue weighted by atomic mass is 10.0. The molecule has 0 aromatic carbocycles. The second-order valence-corrected chi connectivity index (χ2v) is 5.68. The average Bonchev–Trinajstić information content (AvgIpc) is 1.96. The summed E-state index contributed by atoms with van der Waals surface area (Å²) in [4.78, 5) is 13.6. The lowest BCUT2D eigenvalue weighted by molar-refractivity contribution is -0.00519. The topological polar surface area (TPSA) is 41.6 Å². The average molecular weight is 228 g/mol. The molecule has 0 aliphatic carbocycles. The zero-order chi connectivity index (χ0) is 12.3. The third-order valence-electron chi connectivity index (χ3n) is 2.53. The summed E-state index contributed by atoms with van der Waals surface area (Å²) in [5.41, 5.74) is -0.400. The molecule has 0 aromatic heterocycles. The minimum absolute atomic E-state index is 0.186. The monoisotopic (exact) mass is 228 g/mol. The molecule has 0 radical (unpaired) electrons. The molecule has 1 aliphatic rings. The van der Waals surface area contributed by atoms with E-state index in [1.807, 2.05) is 20.8 Å². The van der Waals surface area contributed by atoms with Crippen LogP contribution < -0.4 is 5.32 Å². The van der Waals surface area contributed by atoms with Crippen molar-refractivity contribution in [2.45, 2.75) is 58.7 Å². The van der Waals surface area contributed by atoms with Crippen LogP contribution >= 0.6 is 0 Å². The maximum atomic E-state index is 11.8. The number of nitrogens with zero attached hydrogens (tertiary/aromatic N) is 1. The molecule has 0 unspecified atom stereocenters. The molecule has 0 saturated carbocycles.